The van der Waals surface area contributed by atoms with Gasteiger partial charge in [-0.2, -0.15) is 15.8 Å². The van der Waals surface area contributed by atoms with Crippen molar-refractivity contribution in [2.75, 3.05) is 84.8 Å². The van der Waals surface area contributed by atoms with Gasteiger partial charge in [-0.1, -0.05) is 103 Å². The number of nitrogens with one attached hydrogen (secondary N) is 2. The Morgan fingerprint density at radius 1 is 0.523 bits per heavy atom. The summed E-state index contributed by atoms with van der Waals surface area (Å²) < 4.78 is 5.65. The van der Waals surface area contributed by atoms with Crippen LogP contribution in [0.15, 0.2) is 141 Å². The molecule has 18 N–H and O–H groups in total. The molecule has 128 heavy (non-hydrogen) atoms. The van der Waals surface area contributed by atoms with Gasteiger partial charge < -0.3 is 65.8 Å². The fourth-order valence-corrected chi connectivity index (χ4v) is 22.3. The molecule has 0 saturated carbocycles. The minimum absolute atomic E-state index is 0.144. The van der Waals surface area contributed by atoms with Crippen LogP contribution in [0, 0.1) is 38.6 Å². The van der Waals surface area contributed by atoms with Gasteiger partial charge in [-0.15, -0.1) is 102 Å². The van der Waals surface area contributed by atoms with Gasteiger partial charge >= 0.3 is 0 Å². The number of carbonyl (C=O) groups is 5. The van der Waals surface area contributed by atoms with E-state index in [4.69, 9.17) is 83.3 Å². The number of hydrogen-bond donors (Lipinski definition) is 10. The number of nitrogens with zero attached hydrogens (tertiary/aromatic N) is 11. The van der Waals surface area contributed by atoms with E-state index in [-0.39, 0.29) is 16.4 Å². The normalized spacial score (nSPS) is 14.3. The van der Waals surface area contributed by atoms with Crippen LogP contribution in [0.5, 0.6) is 0 Å². The number of Topliss-reactive ketones (excluding diaryl/α,β-unsaturated/α-hetero) is 1. The maximum Gasteiger partial charge on any atom is 0.260 e. The first-order chi connectivity index (χ1) is 61.7. The van der Waals surface area contributed by atoms with Gasteiger partial charge in [-0.3, -0.25) is 43.6 Å². The van der Waals surface area contributed by atoms with Crippen molar-refractivity contribution in [3.05, 3.63) is 226 Å². The van der Waals surface area contributed by atoms with Crippen LogP contribution in [0.25, 0.3) is 78.5 Å². The van der Waals surface area contributed by atoms with E-state index in [1.54, 1.807) is 74.9 Å². The predicted molar refractivity (Wildman–Crippen MR) is 534 cm³/mol. The average Bonchev–Trinajstić information content (AvgIpc) is 1.59. The Morgan fingerprint density at radius 2 is 0.992 bits per heavy atom. The lowest BCUT2D eigenvalue weighted by Gasteiger charge is -2.21. The molecule has 1 aromatic carbocycles. The van der Waals surface area contributed by atoms with E-state index in [0.29, 0.717) is 59.8 Å². The van der Waals surface area contributed by atoms with Gasteiger partial charge in [0.15, 0.2) is 6.29 Å². The van der Waals surface area contributed by atoms with E-state index in [0.717, 1.165) is 209 Å². The van der Waals surface area contributed by atoms with Crippen LogP contribution in [0.1, 0.15) is 113 Å². The number of primary amides is 3. The molecule has 0 bridgehead atoms. The summed E-state index contributed by atoms with van der Waals surface area (Å²) in [6.07, 6.45) is 3.49. The first-order valence-corrected chi connectivity index (χ1v) is 48.5. The number of morpholine rings is 1. The predicted octanol–water partition coefficient (Wildman–Crippen LogP) is 16.0. The highest BCUT2D eigenvalue weighted by Gasteiger charge is 2.33. The lowest BCUT2D eigenvalue weighted by molar-refractivity contribution is -0.116. The van der Waals surface area contributed by atoms with Gasteiger partial charge in [0.05, 0.1) is 87.4 Å². The molecule has 2 fully saturated rings. The molecule has 6 aliphatic rings. The number of aromatic amines is 1. The third-order valence-electron chi connectivity index (χ3n) is 20.3. The molecule has 0 spiro atoms. The van der Waals surface area contributed by atoms with Gasteiger partial charge in [0.2, 0.25) is 0 Å². The van der Waals surface area contributed by atoms with Crippen molar-refractivity contribution in [2.24, 2.45) is 28.7 Å². The number of hydrogen-bond acceptors (Lipinski definition) is 33. The van der Waals surface area contributed by atoms with E-state index < -0.39 is 17.7 Å². The highest BCUT2D eigenvalue weighted by atomic mass is 32.1. The van der Waals surface area contributed by atoms with Crippen molar-refractivity contribution in [1.82, 2.24) is 49.8 Å². The van der Waals surface area contributed by atoms with Crippen molar-refractivity contribution in [3.63, 3.8) is 0 Å². The van der Waals surface area contributed by atoms with Crippen LogP contribution < -0.4 is 51.2 Å². The number of aldehydes is 1. The van der Waals surface area contributed by atoms with Crippen LogP contribution in [0.4, 0.5) is 17.1 Å². The van der Waals surface area contributed by atoms with E-state index in [1.165, 1.54) is 73.2 Å². The fourth-order valence-electron chi connectivity index (χ4n) is 14.5. The standard InChI is InChI=1S/C21H18N4OS2.C15H14N4OS2.C14H12N4OS2.C13H11N3S2.C8H6N2S2.C5H11NO.C5H9NO.C5H4OS.C3H4N2S/c22-18-17-16(15-7-4-8-27-15)13-10-25(9-12-5-2-1-3-6-12)11-14(13)24-21(17)28-19(18)20(23)26;1-19-5-7-8(6-19)18-15-11(10(7)9-3-2-4-21-9)12(16)13(22-15)14(17)20;15-11-10-9(8-2-1-3-20-8)6-4-17-5-7(6)18-14(10)21-12(11)13(16)19;1-16-6-9-10(7-16)15-13(17)8(5-14)12(9)11-3-2-4-18-11;9-5-6(8(10)11)4-7-2-1-3-12-7;1-6-2-4-7-5-3-6;1-6-3-2-5(7)4-6;6-4-5-2-1-3-7-5;4-2-1-3(5)6/h1-8H,9-11,22H2,(H2,23,26);2-4H,5-6,16H2,1H3,(H2,17,20);1-3,17H,4-5,15H2,(H2,16,19);2-4H,6-7H2,1H3,(H,15,17);1-4H,(H2,10,11);2-5H2,1H3;2-4H2,1H3;1-4H;1H2,(H2,5,6)/b;;;;6-4+;;;;. The monoisotopic (exact) mass is 1930 g/mol. The molecule has 0 radical (unpaired) electrons. The Bertz CT molecular complexity index is 6560. The molecule has 19 heterocycles. The molecular formula is C89H89N21O6S12. The Labute approximate surface area is 790 Å². The number of ether oxygens (including phenoxy) is 1. The summed E-state index contributed by atoms with van der Waals surface area (Å²) >= 11 is 27.8. The van der Waals surface area contributed by atoms with E-state index in [1.807, 2.05) is 99.5 Å². The number of rotatable bonds is 13. The fraction of sp³-hybridized carbons (Fsp3) is 0.236. The number of benzene rings is 1. The zero-order chi connectivity index (χ0) is 91.4. The summed E-state index contributed by atoms with van der Waals surface area (Å²) in [6.45, 7) is 13.0. The molecule has 0 aliphatic carbocycles. The molecule has 13 aromatic heterocycles. The number of ketones is 1. The molecule has 0 atom stereocenters. The quantitative estimate of drug-likeness (QED) is 0.0222. The minimum atomic E-state index is -0.497. The number of carbonyl (C=O) groups excluding carboxylic acids is 5. The second kappa shape index (κ2) is 45.3. The van der Waals surface area contributed by atoms with Gasteiger partial charge in [0.1, 0.15) is 56.7 Å². The number of thiophene rings is 9. The summed E-state index contributed by atoms with van der Waals surface area (Å²) in [4.78, 5) is 94.2. The number of likely N-dealkylation sites (N-methyl/N-ethyl adjacent to an activating group) is 2. The van der Waals surface area contributed by atoms with Gasteiger partial charge in [-0.05, 0) is 131 Å². The average molecular weight is 1930 g/mol. The Kier molecular flexibility index (Phi) is 34.0. The highest BCUT2D eigenvalue weighted by Crippen LogP contribution is 2.49. The zero-order valence-electron chi connectivity index (χ0n) is 69.8. The minimum Gasteiger partial charge on any atom is -0.397 e. The number of thiocarbonyl (C=S) groups is 2. The van der Waals surface area contributed by atoms with E-state index >= 15 is 0 Å². The van der Waals surface area contributed by atoms with Crippen LogP contribution in [0.2, 0.25) is 0 Å². The molecular weight excluding hydrogens is 1840 g/mol. The number of H-pyrrole nitrogens is 1. The number of nitriles is 3. The maximum absolute atomic E-state index is 11.8. The van der Waals surface area contributed by atoms with Crippen molar-refractivity contribution >= 4 is 232 Å². The molecule has 2 saturated heterocycles. The van der Waals surface area contributed by atoms with Crippen molar-refractivity contribution in [3.8, 4) is 60.0 Å². The number of nitrogen functional groups attached to an aromatic ring is 3. The lowest BCUT2D eigenvalue weighted by atomic mass is 10.0. The Hall–Kier alpha value is -11.0. The molecule has 0 unspecified atom stereocenters. The van der Waals surface area contributed by atoms with E-state index in [9.17, 15) is 29.2 Å². The highest BCUT2D eigenvalue weighted by molar-refractivity contribution is 7.80. The van der Waals surface area contributed by atoms with Crippen LogP contribution in [-0.2, 0) is 68.4 Å². The molecule has 3 amide bonds. The van der Waals surface area contributed by atoms with Crippen molar-refractivity contribution in [1.29, 1.82) is 15.8 Å². The van der Waals surface area contributed by atoms with Gasteiger partial charge in [0.25, 0.3) is 17.7 Å². The molecule has 39 heteroatoms. The van der Waals surface area contributed by atoms with Crippen molar-refractivity contribution < 1.29 is 28.7 Å². The zero-order valence-corrected chi connectivity index (χ0v) is 79.6. The Morgan fingerprint density at radius 3 is 1.39 bits per heavy atom. The summed E-state index contributed by atoms with van der Waals surface area (Å²) in [7, 11) is 8.22. The summed E-state index contributed by atoms with van der Waals surface area (Å²) in [5, 5.41) is 43.7. The molecule has 20 rings (SSSR count). The lowest BCUT2D eigenvalue weighted by Crippen LogP contribution is -2.32. The topological polar surface area (TPSA) is 457 Å². The smallest absolute Gasteiger partial charge is 0.260 e. The third-order valence-corrected chi connectivity index (χ3v) is 29.5. The summed E-state index contributed by atoms with van der Waals surface area (Å²) in [5.41, 5.74) is 62.4. The maximum atomic E-state index is 11.8. The number of anilines is 3. The summed E-state index contributed by atoms with van der Waals surface area (Å²) in [5.74, 6) is -1.10. The number of nitrogens with two attached hydrogens (primary N) is 8. The molecule has 14 aromatic rings. The molecule has 658 valence electrons. The van der Waals surface area contributed by atoms with Crippen LogP contribution in [-0.4, -0.2) is 152 Å². The van der Waals surface area contributed by atoms with Crippen LogP contribution >= 0.6 is 139 Å². The molecule has 6 aliphatic heterocycles. The largest absolute Gasteiger partial charge is 0.397 e. The SMILES string of the molecule is CN1CCC(=O)C1.CN1CCOCC1.CN1Cc2[nH]c(=S)c(C#N)c(-c3cccs3)c2C1.CN1Cc2nc3sc(C(N)=O)c(N)c3c(-c3cccs3)c2C1.N#C/C(=C\c1cccs1)C(N)=S.N#CCC(N)=S.NC(=O)c1sc2nc3c(c(-c4cccs4)c2c1N)CN(Cc1ccccc1)C3.NC(=O)c1sc2nc3c(c(-c4cccs4)c2c1N)CNC3.O=Cc1cccs1. The number of amides is 3. The van der Waals surface area contributed by atoms with Crippen LogP contribution in [0.3, 0.4) is 0 Å². The van der Waals surface area contributed by atoms with Gasteiger partial charge in [0, 0.05) is 153 Å². The number of fused-ring (bicyclic) bond motifs is 7. The van der Waals surface area contributed by atoms with Gasteiger partial charge in [-0.25, -0.2) is 15.0 Å². The van der Waals surface area contributed by atoms with E-state index in [2.05, 4.69) is 134 Å². The number of pyridine rings is 4. The number of aromatic nitrogens is 4. The molecule has 27 nitrogen and oxygen atoms in total. The first kappa shape index (κ1) is 96.1. The second-order valence-corrected chi connectivity index (χ2v) is 39.7. The second-order valence-electron chi connectivity index (χ2n) is 29.6. The third kappa shape index (κ3) is 23.7. The summed E-state index contributed by atoms with van der Waals surface area (Å²) in [6, 6.07) is 40.3. The Balaban J connectivity index is 0.000000137. The number of likely N-dealkylation sites (tertiary alicyclic amines) is 1. The first-order valence-electron chi connectivity index (χ1n) is 39.5. The van der Waals surface area contributed by atoms with Crippen molar-refractivity contribution in [2.45, 2.75) is 71.7 Å².